The molecule has 1 N–H and O–H groups in total. The van der Waals surface area contributed by atoms with Gasteiger partial charge in [-0.25, -0.2) is 4.79 Å². The average Bonchev–Trinajstić information content (AvgIpc) is 2.94. The molecule has 0 saturated carbocycles. The van der Waals surface area contributed by atoms with Gasteiger partial charge in [-0.05, 0) is 31.5 Å². The van der Waals surface area contributed by atoms with Crippen LogP contribution >= 0.6 is 0 Å². The van der Waals surface area contributed by atoms with Gasteiger partial charge in [-0.3, -0.25) is 4.68 Å². The second-order valence-corrected chi connectivity index (χ2v) is 4.77. The minimum absolute atomic E-state index is 0.661. The van der Waals surface area contributed by atoms with E-state index in [1.807, 2.05) is 19.1 Å². The van der Waals surface area contributed by atoms with Crippen LogP contribution in [-0.4, -0.2) is 35.1 Å². The number of rotatable bonds is 5. The quantitative estimate of drug-likeness (QED) is 0.916. The Balaban J connectivity index is 2.54. The Bertz CT molecular complexity index is 638. The first kappa shape index (κ1) is 14.9. The van der Waals surface area contributed by atoms with E-state index in [1.165, 1.54) is 4.68 Å². The smallest absolute Gasteiger partial charge is 0.328 e. The number of carbonyl (C=O) groups is 1. The number of benzene rings is 1. The monoisotopic (exact) mass is 290 g/mol. The summed E-state index contributed by atoms with van der Waals surface area (Å²) < 4.78 is 12.2. The van der Waals surface area contributed by atoms with Gasteiger partial charge in [-0.1, -0.05) is 0 Å². The Morgan fingerprint density at radius 2 is 1.86 bits per heavy atom. The fourth-order valence-electron chi connectivity index (χ4n) is 2.12. The van der Waals surface area contributed by atoms with Gasteiger partial charge in [0.25, 0.3) is 0 Å². The van der Waals surface area contributed by atoms with Crippen LogP contribution in [0.15, 0.2) is 24.5 Å². The molecule has 6 heteroatoms. The SMILES string of the molecule is COc1cc(C)cc(OC)c1-c1cnn(C(C)C(=O)O)c1. The zero-order valence-electron chi connectivity index (χ0n) is 12.5. The molecule has 0 saturated heterocycles. The standard InChI is InChI=1S/C15H18N2O4/c1-9-5-12(20-3)14(13(6-9)21-4)11-7-16-17(8-11)10(2)15(18)19/h5-8,10H,1-4H3,(H,18,19). The summed E-state index contributed by atoms with van der Waals surface area (Å²) in [5.41, 5.74) is 2.52. The topological polar surface area (TPSA) is 73.6 Å². The number of aliphatic carboxylic acids is 1. The lowest BCUT2D eigenvalue weighted by Crippen LogP contribution is -2.15. The maximum atomic E-state index is 11.0. The fourth-order valence-corrected chi connectivity index (χ4v) is 2.12. The molecule has 0 aliphatic rings. The summed E-state index contributed by atoms with van der Waals surface area (Å²) in [5, 5.41) is 13.2. The van der Waals surface area contributed by atoms with Gasteiger partial charge in [0.15, 0.2) is 0 Å². The lowest BCUT2D eigenvalue weighted by molar-refractivity contribution is -0.140. The van der Waals surface area contributed by atoms with E-state index in [0.717, 1.165) is 16.7 Å². The number of hydrogen-bond donors (Lipinski definition) is 1. The van der Waals surface area contributed by atoms with Gasteiger partial charge >= 0.3 is 5.97 Å². The molecule has 2 aromatic rings. The van der Waals surface area contributed by atoms with Crippen LogP contribution in [0.1, 0.15) is 18.5 Å². The molecule has 0 fully saturated rings. The van der Waals surface area contributed by atoms with Crippen molar-refractivity contribution in [2.75, 3.05) is 14.2 Å². The maximum absolute atomic E-state index is 11.0. The van der Waals surface area contributed by atoms with Crippen molar-refractivity contribution >= 4 is 5.97 Å². The van der Waals surface area contributed by atoms with Gasteiger partial charge in [0.2, 0.25) is 0 Å². The van der Waals surface area contributed by atoms with Crippen molar-refractivity contribution in [3.05, 3.63) is 30.1 Å². The molecule has 0 bridgehead atoms. The van der Waals surface area contributed by atoms with E-state index in [0.29, 0.717) is 11.5 Å². The van der Waals surface area contributed by atoms with E-state index in [4.69, 9.17) is 14.6 Å². The van der Waals surface area contributed by atoms with E-state index in [2.05, 4.69) is 5.10 Å². The summed E-state index contributed by atoms with van der Waals surface area (Å²) in [5.74, 6) is 0.385. The van der Waals surface area contributed by atoms with Crippen molar-refractivity contribution in [2.24, 2.45) is 0 Å². The first-order valence-electron chi connectivity index (χ1n) is 6.48. The van der Waals surface area contributed by atoms with Gasteiger partial charge < -0.3 is 14.6 Å². The first-order valence-corrected chi connectivity index (χ1v) is 6.48. The molecule has 0 spiro atoms. The van der Waals surface area contributed by atoms with Gasteiger partial charge in [-0.15, -0.1) is 0 Å². The van der Waals surface area contributed by atoms with Crippen LogP contribution in [0.2, 0.25) is 0 Å². The van der Waals surface area contributed by atoms with E-state index in [-0.39, 0.29) is 0 Å². The van der Waals surface area contributed by atoms with Crippen molar-refractivity contribution in [1.29, 1.82) is 0 Å². The number of methoxy groups -OCH3 is 2. The molecular weight excluding hydrogens is 272 g/mol. The predicted molar refractivity (Wildman–Crippen MR) is 77.9 cm³/mol. The van der Waals surface area contributed by atoms with E-state index < -0.39 is 12.0 Å². The lowest BCUT2D eigenvalue weighted by atomic mass is 10.0. The zero-order chi connectivity index (χ0) is 15.6. The van der Waals surface area contributed by atoms with Gasteiger partial charge in [0, 0.05) is 11.8 Å². The maximum Gasteiger partial charge on any atom is 0.328 e. The van der Waals surface area contributed by atoms with Crippen molar-refractivity contribution in [2.45, 2.75) is 19.9 Å². The largest absolute Gasteiger partial charge is 0.496 e. The second-order valence-electron chi connectivity index (χ2n) is 4.77. The van der Waals surface area contributed by atoms with Crippen LogP contribution in [0, 0.1) is 6.92 Å². The van der Waals surface area contributed by atoms with E-state index in [1.54, 1.807) is 33.5 Å². The Kier molecular flexibility index (Phi) is 4.16. The Morgan fingerprint density at radius 3 is 2.33 bits per heavy atom. The fraction of sp³-hybridized carbons (Fsp3) is 0.333. The second kappa shape index (κ2) is 5.87. The predicted octanol–water partition coefficient (Wildman–Crippen LogP) is 2.52. The van der Waals surface area contributed by atoms with Gasteiger partial charge in [-0.2, -0.15) is 5.10 Å². The Morgan fingerprint density at radius 1 is 1.29 bits per heavy atom. The molecule has 0 aliphatic carbocycles. The van der Waals surface area contributed by atoms with Crippen molar-refractivity contribution in [3.63, 3.8) is 0 Å². The summed E-state index contributed by atoms with van der Waals surface area (Å²) in [6.45, 7) is 3.52. The molecule has 1 heterocycles. The third-order valence-corrected chi connectivity index (χ3v) is 3.29. The number of aromatic nitrogens is 2. The number of carboxylic acid groups (broad SMARTS) is 1. The molecular formula is C15H18N2O4. The molecule has 21 heavy (non-hydrogen) atoms. The number of aryl methyl sites for hydroxylation is 1. The molecule has 6 nitrogen and oxygen atoms in total. The Hall–Kier alpha value is -2.50. The van der Waals surface area contributed by atoms with Crippen molar-refractivity contribution < 1.29 is 19.4 Å². The Labute approximate surface area is 122 Å². The molecule has 0 radical (unpaired) electrons. The number of carboxylic acids is 1. The van der Waals surface area contributed by atoms with Crippen LogP contribution in [0.4, 0.5) is 0 Å². The van der Waals surface area contributed by atoms with Crippen LogP contribution in [0.5, 0.6) is 11.5 Å². The van der Waals surface area contributed by atoms with Crippen LogP contribution in [-0.2, 0) is 4.79 Å². The molecule has 0 aliphatic heterocycles. The summed E-state index contributed by atoms with van der Waals surface area (Å²) in [6, 6.07) is 3.06. The average molecular weight is 290 g/mol. The highest BCUT2D eigenvalue weighted by Crippen LogP contribution is 2.39. The highest BCUT2D eigenvalue weighted by Gasteiger charge is 2.19. The molecule has 2 rings (SSSR count). The van der Waals surface area contributed by atoms with Gasteiger partial charge in [0.05, 0.1) is 26.0 Å². The highest BCUT2D eigenvalue weighted by molar-refractivity contribution is 5.77. The molecule has 1 unspecified atom stereocenters. The number of nitrogens with zero attached hydrogens (tertiary/aromatic N) is 2. The summed E-state index contributed by atoms with van der Waals surface area (Å²) >= 11 is 0. The zero-order valence-corrected chi connectivity index (χ0v) is 12.5. The van der Waals surface area contributed by atoms with Crippen molar-refractivity contribution in [1.82, 2.24) is 9.78 Å². The van der Waals surface area contributed by atoms with Crippen molar-refractivity contribution in [3.8, 4) is 22.6 Å². The van der Waals surface area contributed by atoms with Gasteiger partial charge in [0.1, 0.15) is 17.5 Å². The molecule has 0 amide bonds. The normalized spacial score (nSPS) is 12.0. The van der Waals surface area contributed by atoms with E-state index in [9.17, 15) is 4.79 Å². The van der Waals surface area contributed by atoms with E-state index >= 15 is 0 Å². The summed E-state index contributed by atoms with van der Waals surface area (Å²) in [4.78, 5) is 11.0. The van der Waals surface area contributed by atoms with Crippen LogP contribution < -0.4 is 9.47 Å². The number of ether oxygens (including phenoxy) is 2. The van der Waals surface area contributed by atoms with Crippen LogP contribution in [0.3, 0.4) is 0 Å². The minimum Gasteiger partial charge on any atom is -0.496 e. The minimum atomic E-state index is -0.938. The number of hydrogen-bond acceptors (Lipinski definition) is 4. The lowest BCUT2D eigenvalue weighted by Gasteiger charge is -2.13. The third-order valence-electron chi connectivity index (χ3n) is 3.29. The summed E-state index contributed by atoms with van der Waals surface area (Å²) in [6.07, 6.45) is 3.28. The molecule has 1 aromatic carbocycles. The third kappa shape index (κ3) is 2.84. The summed E-state index contributed by atoms with van der Waals surface area (Å²) in [7, 11) is 3.17. The highest BCUT2D eigenvalue weighted by atomic mass is 16.5. The first-order chi connectivity index (χ1) is 9.97. The molecule has 1 atom stereocenters. The molecule has 1 aromatic heterocycles. The molecule has 112 valence electrons. The van der Waals surface area contributed by atoms with Crippen LogP contribution in [0.25, 0.3) is 11.1 Å².